The highest BCUT2D eigenvalue weighted by Crippen LogP contribution is 2.18. The van der Waals surface area contributed by atoms with Gasteiger partial charge in [-0.1, -0.05) is 78.1 Å². The van der Waals surface area contributed by atoms with Gasteiger partial charge in [-0.15, -0.1) is 12.6 Å². The Morgan fingerprint density at radius 2 is 1.14 bits per heavy atom. The Morgan fingerprint density at radius 3 is 1.66 bits per heavy atom. The molecule has 164 valence electrons. The molecule has 0 saturated carbocycles. The average molecular weight is 423 g/mol. The van der Waals surface area contributed by atoms with Crippen molar-refractivity contribution in [3.63, 3.8) is 0 Å². The molecule has 0 heterocycles. The first kappa shape index (κ1) is 25.5. The van der Waals surface area contributed by atoms with Gasteiger partial charge in [-0.2, -0.15) is 0 Å². The molecular formula is C24H38O4S. The van der Waals surface area contributed by atoms with E-state index in [1.165, 1.54) is 38.5 Å². The van der Waals surface area contributed by atoms with Crippen molar-refractivity contribution >= 4 is 24.6 Å². The number of ether oxygens (including phenoxy) is 2. The summed E-state index contributed by atoms with van der Waals surface area (Å²) in [5.41, 5.74) is 0.484. The lowest BCUT2D eigenvalue weighted by Gasteiger charge is -2.11. The quantitative estimate of drug-likeness (QED) is 0.177. The maximum absolute atomic E-state index is 12.5. The minimum absolute atomic E-state index is 0.233. The molecular weight excluding hydrogens is 384 g/mol. The van der Waals surface area contributed by atoms with Crippen LogP contribution >= 0.6 is 12.6 Å². The molecule has 1 rings (SSSR count). The number of unbranched alkanes of at least 4 members (excludes halogenated alkanes) is 10. The Labute approximate surface area is 182 Å². The van der Waals surface area contributed by atoms with Gasteiger partial charge in [0.25, 0.3) is 0 Å². The fraction of sp³-hybridized carbons (Fsp3) is 0.667. The van der Waals surface area contributed by atoms with Crippen LogP contribution in [0.5, 0.6) is 0 Å². The summed E-state index contributed by atoms with van der Waals surface area (Å²) < 4.78 is 10.8. The molecule has 0 bridgehead atoms. The van der Waals surface area contributed by atoms with E-state index < -0.39 is 11.9 Å². The molecule has 1 aromatic carbocycles. The highest BCUT2D eigenvalue weighted by atomic mass is 32.1. The molecule has 0 radical (unpaired) electrons. The van der Waals surface area contributed by atoms with E-state index >= 15 is 0 Å². The zero-order valence-corrected chi connectivity index (χ0v) is 19.1. The van der Waals surface area contributed by atoms with Crippen LogP contribution in [0.3, 0.4) is 0 Å². The van der Waals surface area contributed by atoms with Gasteiger partial charge >= 0.3 is 11.9 Å². The molecule has 0 spiro atoms. The Hall–Kier alpha value is -1.49. The molecule has 0 N–H and O–H groups in total. The van der Waals surface area contributed by atoms with Crippen LogP contribution in [-0.2, 0) is 9.47 Å². The van der Waals surface area contributed by atoms with Crippen molar-refractivity contribution in [2.24, 2.45) is 0 Å². The van der Waals surface area contributed by atoms with Crippen molar-refractivity contribution in [2.75, 3.05) is 13.2 Å². The summed E-state index contributed by atoms with van der Waals surface area (Å²) in [5.74, 6) is -0.959. The maximum atomic E-state index is 12.5. The molecule has 0 aliphatic rings. The SMILES string of the molecule is CCCCCCCCOC(=O)c1ccc(S)cc1C(=O)OCCCCCCCC. The van der Waals surface area contributed by atoms with Gasteiger partial charge in [-0.3, -0.25) is 0 Å². The number of benzene rings is 1. The van der Waals surface area contributed by atoms with Crippen LogP contribution in [0.25, 0.3) is 0 Å². The molecule has 0 saturated heterocycles. The molecule has 0 amide bonds. The van der Waals surface area contributed by atoms with Gasteiger partial charge in [0, 0.05) is 4.90 Å². The van der Waals surface area contributed by atoms with Crippen LogP contribution < -0.4 is 0 Å². The number of carbonyl (C=O) groups excluding carboxylic acids is 2. The summed E-state index contributed by atoms with van der Waals surface area (Å²) in [5, 5.41) is 0. The lowest BCUT2D eigenvalue weighted by Crippen LogP contribution is -2.15. The lowest BCUT2D eigenvalue weighted by molar-refractivity contribution is 0.0450. The highest BCUT2D eigenvalue weighted by Gasteiger charge is 2.19. The minimum Gasteiger partial charge on any atom is -0.462 e. The fourth-order valence-electron chi connectivity index (χ4n) is 3.13. The number of hydrogen-bond acceptors (Lipinski definition) is 5. The van der Waals surface area contributed by atoms with Crippen LogP contribution in [0.15, 0.2) is 23.1 Å². The topological polar surface area (TPSA) is 52.6 Å². The van der Waals surface area contributed by atoms with Gasteiger partial charge in [0.15, 0.2) is 0 Å². The predicted octanol–water partition coefficient (Wildman–Crippen LogP) is 7.01. The van der Waals surface area contributed by atoms with Crippen LogP contribution in [0.1, 0.15) is 112 Å². The Morgan fingerprint density at radius 1 is 0.690 bits per heavy atom. The third-order valence-corrected chi connectivity index (χ3v) is 5.18. The van der Waals surface area contributed by atoms with E-state index in [4.69, 9.17) is 9.47 Å². The molecule has 0 aliphatic heterocycles. The zero-order chi connectivity index (χ0) is 21.3. The Balaban J connectivity index is 2.45. The standard InChI is InChI=1S/C24H38O4S/c1-3-5-7-9-11-13-17-27-23(25)21-16-15-20(29)19-22(21)24(26)28-18-14-12-10-8-6-4-2/h15-16,19,29H,3-14,17-18H2,1-2H3. The summed E-state index contributed by atoms with van der Waals surface area (Å²) in [6.45, 7) is 5.12. The molecule has 5 heteroatoms. The van der Waals surface area contributed by atoms with Crippen LogP contribution in [-0.4, -0.2) is 25.2 Å². The van der Waals surface area contributed by atoms with Gasteiger partial charge in [0.05, 0.1) is 24.3 Å². The van der Waals surface area contributed by atoms with Gasteiger partial charge < -0.3 is 9.47 Å². The second kappa shape index (κ2) is 16.3. The van der Waals surface area contributed by atoms with E-state index in [9.17, 15) is 9.59 Å². The summed E-state index contributed by atoms with van der Waals surface area (Å²) in [6, 6.07) is 4.86. The van der Waals surface area contributed by atoms with Gasteiger partial charge in [0.2, 0.25) is 0 Å². The van der Waals surface area contributed by atoms with Gasteiger partial charge in [-0.25, -0.2) is 9.59 Å². The molecule has 29 heavy (non-hydrogen) atoms. The first-order chi connectivity index (χ1) is 14.1. The van der Waals surface area contributed by atoms with Crippen molar-refractivity contribution in [2.45, 2.75) is 95.8 Å². The zero-order valence-electron chi connectivity index (χ0n) is 18.2. The number of rotatable bonds is 16. The number of thiol groups is 1. The number of hydrogen-bond donors (Lipinski definition) is 1. The first-order valence-electron chi connectivity index (χ1n) is 11.3. The number of esters is 2. The maximum Gasteiger partial charge on any atom is 0.339 e. The van der Waals surface area contributed by atoms with Crippen molar-refractivity contribution in [1.82, 2.24) is 0 Å². The summed E-state index contributed by atoms with van der Waals surface area (Å²) in [7, 11) is 0. The normalized spacial score (nSPS) is 10.7. The van der Waals surface area contributed by atoms with E-state index in [-0.39, 0.29) is 11.1 Å². The predicted molar refractivity (Wildman–Crippen MR) is 121 cm³/mol. The first-order valence-corrected chi connectivity index (χ1v) is 11.7. The molecule has 0 aliphatic carbocycles. The van der Waals surface area contributed by atoms with E-state index in [2.05, 4.69) is 26.5 Å². The summed E-state index contributed by atoms with van der Waals surface area (Å²) >= 11 is 4.29. The molecule has 4 nitrogen and oxygen atoms in total. The van der Waals surface area contributed by atoms with Crippen LogP contribution in [0.2, 0.25) is 0 Å². The van der Waals surface area contributed by atoms with Crippen LogP contribution in [0, 0.1) is 0 Å². The van der Waals surface area contributed by atoms with Crippen molar-refractivity contribution in [3.05, 3.63) is 29.3 Å². The average Bonchev–Trinajstić information content (AvgIpc) is 2.72. The fourth-order valence-corrected chi connectivity index (χ4v) is 3.33. The third-order valence-electron chi connectivity index (χ3n) is 4.91. The smallest absolute Gasteiger partial charge is 0.339 e. The second-order valence-corrected chi connectivity index (χ2v) is 8.05. The number of carbonyl (C=O) groups is 2. The van der Waals surface area contributed by atoms with Gasteiger partial charge in [0.1, 0.15) is 0 Å². The second-order valence-electron chi connectivity index (χ2n) is 7.54. The van der Waals surface area contributed by atoms with Crippen molar-refractivity contribution < 1.29 is 19.1 Å². The van der Waals surface area contributed by atoms with Crippen molar-refractivity contribution in [3.8, 4) is 0 Å². The van der Waals surface area contributed by atoms with E-state index in [0.717, 1.165) is 38.5 Å². The van der Waals surface area contributed by atoms with Gasteiger partial charge in [-0.05, 0) is 31.0 Å². The Bertz CT molecular complexity index is 601. The molecule has 0 atom stereocenters. The molecule has 0 fully saturated rings. The van der Waals surface area contributed by atoms with Crippen molar-refractivity contribution in [1.29, 1.82) is 0 Å². The van der Waals surface area contributed by atoms with E-state index in [1.807, 2.05) is 0 Å². The summed E-state index contributed by atoms with van der Waals surface area (Å²) in [6.07, 6.45) is 13.5. The van der Waals surface area contributed by atoms with E-state index in [0.29, 0.717) is 18.1 Å². The molecule has 0 unspecified atom stereocenters. The highest BCUT2D eigenvalue weighted by molar-refractivity contribution is 7.80. The third kappa shape index (κ3) is 11.3. The molecule has 0 aromatic heterocycles. The monoisotopic (exact) mass is 422 g/mol. The van der Waals surface area contributed by atoms with Crippen LogP contribution in [0.4, 0.5) is 0 Å². The van der Waals surface area contributed by atoms with E-state index in [1.54, 1.807) is 18.2 Å². The minimum atomic E-state index is -0.485. The summed E-state index contributed by atoms with van der Waals surface area (Å²) in [4.78, 5) is 25.5. The lowest BCUT2D eigenvalue weighted by atomic mass is 10.1. The Kier molecular flexibility index (Phi) is 14.4. The molecule has 1 aromatic rings. The largest absolute Gasteiger partial charge is 0.462 e.